The first-order valence-electron chi connectivity index (χ1n) is 2.87. The third kappa shape index (κ3) is 1.40. The zero-order valence-electron chi connectivity index (χ0n) is 5.43. The Morgan fingerprint density at radius 2 is 2.50 bits per heavy atom. The van der Waals surface area contributed by atoms with Crippen LogP contribution in [0.5, 0.6) is 0 Å². The minimum absolute atomic E-state index is 0.472. The molecule has 0 aliphatic carbocycles. The summed E-state index contributed by atoms with van der Waals surface area (Å²) in [5, 5.41) is 2.68. The van der Waals surface area contributed by atoms with Crippen LogP contribution in [-0.4, -0.2) is 6.54 Å². The molecule has 0 spiro atoms. The molecular formula is C7H8ClNS. The Bertz CT molecular complexity index is 242. The molecule has 0 fully saturated rings. The first-order chi connectivity index (χ1) is 4.75. The third-order valence-electron chi connectivity index (χ3n) is 1.18. The van der Waals surface area contributed by atoms with E-state index in [-0.39, 0.29) is 0 Å². The van der Waals surface area contributed by atoms with Crippen LogP contribution in [-0.2, 0) is 0 Å². The first-order valence-corrected chi connectivity index (χ1v) is 4.12. The molecule has 3 heteroatoms. The minimum Gasteiger partial charge on any atom is -0.326 e. The predicted octanol–water partition coefficient (Wildman–Crippen LogP) is 2.37. The average molecular weight is 174 g/mol. The van der Waals surface area contributed by atoms with E-state index in [9.17, 15) is 0 Å². The fraction of sp³-hybridized carbons (Fsp3) is 0.143. The van der Waals surface area contributed by atoms with Crippen molar-refractivity contribution < 1.29 is 0 Å². The maximum Gasteiger partial charge on any atom is 0.0589 e. The highest BCUT2D eigenvalue weighted by Crippen LogP contribution is 2.27. The van der Waals surface area contributed by atoms with Crippen LogP contribution >= 0.6 is 22.9 Å². The lowest BCUT2D eigenvalue weighted by Crippen LogP contribution is -1.99. The van der Waals surface area contributed by atoms with E-state index in [1.165, 1.54) is 0 Å². The quantitative estimate of drug-likeness (QED) is 0.730. The van der Waals surface area contributed by atoms with E-state index in [2.05, 4.69) is 6.58 Å². The fourth-order valence-electron chi connectivity index (χ4n) is 0.639. The Hall–Kier alpha value is -0.310. The van der Waals surface area contributed by atoms with E-state index in [4.69, 9.17) is 17.3 Å². The van der Waals surface area contributed by atoms with E-state index in [1.54, 1.807) is 11.3 Å². The molecule has 2 N–H and O–H groups in total. The van der Waals surface area contributed by atoms with Crippen molar-refractivity contribution in [1.82, 2.24) is 0 Å². The van der Waals surface area contributed by atoms with Gasteiger partial charge in [-0.2, -0.15) is 0 Å². The SMILES string of the molecule is C=C(CN)c1sccc1Cl. The second-order valence-corrected chi connectivity index (χ2v) is 3.23. The van der Waals surface area contributed by atoms with Crippen LogP contribution in [0.4, 0.5) is 0 Å². The van der Waals surface area contributed by atoms with E-state index in [0.29, 0.717) is 6.54 Å². The molecule has 1 nitrogen and oxygen atoms in total. The number of nitrogens with two attached hydrogens (primary N) is 1. The van der Waals surface area contributed by atoms with Crippen molar-refractivity contribution in [3.05, 3.63) is 27.9 Å². The third-order valence-corrected chi connectivity index (χ3v) is 2.63. The molecule has 1 rings (SSSR count). The molecule has 54 valence electrons. The summed E-state index contributed by atoms with van der Waals surface area (Å²) in [4.78, 5) is 1.00. The van der Waals surface area contributed by atoms with Crippen LogP contribution in [0.2, 0.25) is 5.02 Å². The van der Waals surface area contributed by atoms with Gasteiger partial charge in [0.05, 0.1) is 5.02 Å². The molecule has 0 aromatic carbocycles. The maximum atomic E-state index is 5.81. The molecule has 0 aliphatic rings. The molecule has 0 bridgehead atoms. The zero-order valence-corrected chi connectivity index (χ0v) is 7.00. The van der Waals surface area contributed by atoms with Gasteiger partial charge < -0.3 is 5.73 Å². The highest BCUT2D eigenvalue weighted by molar-refractivity contribution is 7.11. The highest BCUT2D eigenvalue weighted by atomic mass is 35.5. The predicted molar refractivity (Wildman–Crippen MR) is 47.4 cm³/mol. The summed E-state index contributed by atoms with van der Waals surface area (Å²) in [6, 6.07) is 1.85. The lowest BCUT2D eigenvalue weighted by molar-refractivity contribution is 1.28. The average Bonchev–Trinajstić information content (AvgIpc) is 2.34. The van der Waals surface area contributed by atoms with Crippen molar-refractivity contribution in [3.8, 4) is 0 Å². The van der Waals surface area contributed by atoms with Crippen molar-refractivity contribution in [2.75, 3.05) is 6.54 Å². The van der Waals surface area contributed by atoms with Gasteiger partial charge in [0.2, 0.25) is 0 Å². The van der Waals surface area contributed by atoms with Gasteiger partial charge in [-0.25, -0.2) is 0 Å². The Morgan fingerprint density at radius 1 is 1.80 bits per heavy atom. The summed E-state index contributed by atoms with van der Waals surface area (Å²) >= 11 is 7.38. The molecule has 0 saturated heterocycles. The Labute approximate surface area is 69.1 Å². The summed E-state index contributed by atoms with van der Waals surface area (Å²) in [6.45, 7) is 4.25. The topological polar surface area (TPSA) is 26.0 Å². The molecule has 1 aromatic rings. The Kier molecular flexibility index (Phi) is 2.49. The molecule has 0 unspecified atom stereocenters. The van der Waals surface area contributed by atoms with E-state index in [1.807, 2.05) is 11.4 Å². The summed E-state index contributed by atoms with van der Waals surface area (Å²) in [6.07, 6.45) is 0. The second kappa shape index (κ2) is 3.19. The summed E-state index contributed by atoms with van der Waals surface area (Å²) in [7, 11) is 0. The molecule has 0 saturated carbocycles. The van der Waals surface area contributed by atoms with Crippen LogP contribution in [0.15, 0.2) is 18.0 Å². The number of hydrogen-bond acceptors (Lipinski definition) is 2. The van der Waals surface area contributed by atoms with Gasteiger partial charge in [-0.05, 0) is 17.0 Å². The van der Waals surface area contributed by atoms with Gasteiger partial charge in [-0.3, -0.25) is 0 Å². The molecule has 10 heavy (non-hydrogen) atoms. The number of rotatable bonds is 2. The number of thiophene rings is 1. The van der Waals surface area contributed by atoms with Gasteiger partial charge in [0, 0.05) is 11.4 Å². The van der Waals surface area contributed by atoms with Crippen LogP contribution in [0.3, 0.4) is 0 Å². The molecule has 1 heterocycles. The Morgan fingerprint density at radius 3 is 2.90 bits per heavy atom. The molecule has 0 amide bonds. The van der Waals surface area contributed by atoms with Crippen LogP contribution in [0.25, 0.3) is 5.57 Å². The van der Waals surface area contributed by atoms with Gasteiger partial charge in [-0.1, -0.05) is 18.2 Å². The second-order valence-electron chi connectivity index (χ2n) is 1.91. The molecule has 1 aromatic heterocycles. The Balaban J connectivity index is 2.93. The van der Waals surface area contributed by atoms with Gasteiger partial charge in [0.1, 0.15) is 0 Å². The molecule has 0 aliphatic heterocycles. The lowest BCUT2D eigenvalue weighted by atomic mass is 10.2. The van der Waals surface area contributed by atoms with Crippen molar-refractivity contribution in [1.29, 1.82) is 0 Å². The standard InChI is InChI=1S/C7H8ClNS/c1-5(4-9)7-6(8)2-3-10-7/h2-3H,1,4,9H2. The number of hydrogen-bond donors (Lipinski definition) is 1. The summed E-state index contributed by atoms with van der Waals surface area (Å²) in [5.41, 5.74) is 6.28. The minimum atomic E-state index is 0.472. The first kappa shape index (κ1) is 7.79. The monoisotopic (exact) mass is 173 g/mol. The van der Waals surface area contributed by atoms with Crippen molar-refractivity contribution in [2.45, 2.75) is 0 Å². The van der Waals surface area contributed by atoms with Gasteiger partial charge >= 0.3 is 0 Å². The smallest absolute Gasteiger partial charge is 0.0589 e. The van der Waals surface area contributed by atoms with Crippen LogP contribution in [0, 0.1) is 0 Å². The van der Waals surface area contributed by atoms with E-state index < -0.39 is 0 Å². The van der Waals surface area contributed by atoms with Gasteiger partial charge in [0.15, 0.2) is 0 Å². The van der Waals surface area contributed by atoms with E-state index in [0.717, 1.165) is 15.5 Å². The summed E-state index contributed by atoms with van der Waals surface area (Å²) < 4.78 is 0. The largest absolute Gasteiger partial charge is 0.326 e. The van der Waals surface area contributed by atoms with Crippen LogP contribution < -0.4 is 5.73 Å². The molecule has 0 atom stereocenters. The molecular weight excluding hydrogens is 166 g/mol. The summed E-state index contributed by atoms with van der Waals surface area (Å²) in [5.74, 6) is 0. The van der Waals surface area contributed by atoms with E-state index >= 15 is 0 Å². The van der Waals surface area contributed by atoms with Crippen molar-refractivity contribution in [2.24, 2.45) is 5.73 Å². The van der Waals surface area contributed by atoms with Crippen LogP contribution in [0.1, 0.15) is 4.88 Å². The van der Waals surface area contributed by atoms with Gasteiger partial charge in [-0.15, -0.1) is 11.3 Å². The lowest BCUT2D eigenvalue weighted by Gasteiger charge is -1.96. The van der Waals surface area contributed by atoms with Crippen molar-refractivity contribution in [3.63, 3.8) is 0 Å². The fourth-order valence-corrected chi connectivity index (χ4v) is 1.81. The maximum absolute atomic E-state index is 5.81. The molecule has 0 radical (unpaired) electrons. The number of halogens is 1. The van der Waals surface area contributed by atoms with Gasteiger partial charge in [0.25, 0.3) is 0 Å². The normalized spacial score (nSPS) is 9.80. The zero-order chi connectivity index (χ0) is 7.56. The van der Waals surface area contributed by atoms with Crippen molar-refractivity contribution >= 4 is 28.5 Å². The highest BCUT2D eigenvalue weighted by Gasteiger charge is 2.02.